The summed E-state index contributed by atoms with van der Waals surface area (Å²) in [6.07, 6.45) is 3.59. The summed E-state index contributed by atoms with van der Waals surface area (Å²) < 4.78 is 0. The molecular formula is C8H12O3. The number of hydrogen-bond acceptors (Lipinski definition) is 3. The van der Waals surface area contributed by atoms with Crippen molar-refractivity contribution in [3.8, 4) is 0 Å². The minimum atomic E-state index is -0.562. The van der Waals surface area contributed by atoms with E-state index in [0.29, 0.717) is 12.8 Å². The maximum Gasteiger partial charge on any atom is 0.217 e. The Morgan fingerprint density at radius 1 is 1.64 bits per heavy atom. The van der Waals surface area contributed by atoms with Crippen molar-refractivity contribution >= 4 is 12.1 Å². The number of allylic oxidation sites excluding steroid dienone is 1. The summed E-state index contributed by atoms with van der Waals surface area (Å²) in [5.41, 5.74) is 0. The molecule has 0 aromatic rings. The molecule has 0 aromatic heterocycles. The molecule has 3 nitrogen and oxygen atoms in total. The zero-order chi connectivity index (χ0) is 8.69. The number of carbonyl (C=O) groups is 2. The molecule has 0 heterocycles. The molecule has 0 bridgehead atoms. The van der Waals surface area contributed by atoms with Crippen LogP contribution in [0.1, 0.15) is 19.8 Å². The summed E-state index contributed by atoms with van der Waals surface area (Å²) in [7, 11) is 0. The van der Waals surface area contributed by atoms with Crippen LogP contribution in [-0.4, -0.2) is 23.3 Å². The summed E-state index contributed by atoms with van der Waals surface area (Å²) in [6, 6.07) is 0. The number of carbonyl (C=O) groups excluding carboxylic acids is 2. The van der Waals surface area contributed by atoms with E-state index in [9.17, 15) is 9.59 Å². The van der Waals surface area contributed by atoms with Crippen molar-refractivity contribution in [3.63, 3.8) is 0 Å². The van der Waals surface area contributed by atoms with E-state index in [2.05, 4.69) is 0 Å². The molecule has 62 valence electrons. The van der Waals surface area contributed by atoms with Gasteiger partial charge in [-0.05, 0) is 18.9 Å². The first-order chi connectivity index (χ1) is 5.20. The highest BCUT2D eigenvalue weighted by atomic mass is 16.3. The third kappa shape index (κ3) is 5.48. The number of aliphatic hydroxyl groups excluding tert-OH is 1. The van der Waals surface area contributed by atoms with Crippen LogP contribution in [0.2, 0.25) is 0 Å². The van der Waals surface area contributed by atoms with E-state index >= 15 is 0 Å². The molecule has 1 unspecified atom stereocenters. The van der Waals surface area contributed by atoms with E-state index < -0.39 is 11.9 Å². The second kappa shape index (κ2) is 5.80. The van der Waals surface area contributed by atoms with Crippen LogP contribution in [0.15, 0.2) is 12.2 Å². The molecule has 0 aliphatic heterocycles. The summed E-state index contributed by atoms with van der Waals surface area (Å²) in [5, 5.41) is 8.99. The monoisotopic (exact) mass is 156 g/mol. The van der Waals surface area contributed by atoms with E-state index in [1.165, 1.54) is 12.2 Å². The average Bonchev–Trinajstić information content (AvgIpc) is 2.04. The molecule has 0 saturated heterocycles. The summed E-state index contributed by atoms with van der Waals surface area (Å²) in [5.74, 6) is -0.562. The molecule has 0 aliphatic carbocycles. The Hall–Kier alpha value is -0.960. The van der Waals surface area contributed by atoms with E-state index in [1.807, 2.05) is 6.92 Å². The van der Waals surface area contributed by atoms with Gasteiger partial charge in [-0.15, -0.1) is 0 Å². The number of rotatable bonds is 5. The van der Waals surface area contributed by atoms with Crippen molar-refractivity contribution in [1.82, 2.24) is 0 Å². The molecule has 1 N–H and O–H groups in total. The number of aliphatic hydroxyl groups is 1. The van der Waals surface area contributed by atoms with Gasteiger partial charge in [-0.1, -0.05) is 13.0 Å². The minimum Gasteiger partial charge on any atom is -0.393 e. The van der Waals surface area contributed by atoms with Gasteiger partial charge in [-0.25, -0.2) is 0 Å². The lowest BCUT2D eigenvalue weighted by molar-refractivity contribution is -0.126. The molecule has 0 spiro atoms. The van der Waals surface area contributed by atoms with Crippen LogP contribution >= 0.6 is 0 Å². The number of hydrogen-bond donors (Lipinski definition) is 1. The third-order valence-corrected chi connectivity index (χ3v) is 1.28. The molecule has 0 radical (unpaired) electrons. The van der Waals surface area contributed by atoms with E-state index in [-0.39, 0.29) is 6.29 Å². The maximum absolute atomic E-state index is 10.3. The standard InChI is InChI=1S/C8H12O3/c1-2-7(10)4-3-5-8(11)6-9/h3,5-7,10H,2,4H2,1H3. The fraction of sp³-hybridized carbons (Fsp3) is 0.500. The summed E-state index contributed by atoms with van der Waals surface area (Å²) in [4.78, 5) is 20.1. The SMILES string of the molecule is CCC(O)CC=CC(=O)C=O. The topological polar surface area (TPSA) is 54.4 Å². The van der Waals surface area contributed by atoms with E-state index in [4.69, 9.17) is 5.11 Å². The van der Waals surface area contributed by atoms with Crippen molar-refractivity contribution in [2.75, 3.05) is 0 Å². The fourth-order valence-electron chi connectivity index (χ4n) is 0.547. The van der Waals surface area contributed by atoms with Gasteiger partial charge >= 0.3 is 0 Å². The van der Waals surface area contributed by atoms with Gasteiger partial charge in [0.25, 0.3) is 0 Å². The second-order valence-corrected chi connectivity index (χ2v) is 2.22. The van der Waals surface area contributed by atoms with Crippen LogP contribution in [0.4, 0.5) is 0 Å². The second-order valence-electron chi connectivity index (χ2n) is 2.22. The molecule has 0 rings (SSSR count). The van der Waals surface area contributed by atoms with E-state index in [1.54, 1.807) is 0 Å². The van der Waals surface area contributed by atoms with Crippen molar-refractivity contribution in [2.45, 2.75) is 25.9 Å². The van der Waals surface area contributed by atoms with Crippen molar-refractivity contribution < 1.29 is 14.7 Å². The highest BCUT2D eigenvalue weighted by molar-refractivity contribution is 6.30. The molecule has 3 heteroatoms. The zero-order valence-electron chi connectivity index (χ0n) is 6.49. The van der Waals surface area contributed by atoms with Crippen LogP contribution in [-0.2, 0) is 9.59 Å². The molecule has 1 atom stereocenters. The quantitative estimate of drug-likeness (QED) is 0.357. The predicted molar refractivity (Wildman–Crippen MR) is 41.1 cm³/mol. The number of aldehydes is 1. The van der Waals surface area contributed by atoms with Crippen LogP contribution in [0.5, 0.6) is 0 Å². The maximum atomic E-state index is 10.3. The van der Waals surface area contributed by atoms with Crippen LogP contribution in [0.25, 0.3) is 0 Å². The fourth-order valence-corrected chi connectivity index (χ4v) is 0.547. The molecule has 0 fully saturated rings. The number of ketones is 1. The summed E-state index contributed by atoms with van der Waals surface area (Å²) >= 11 is 0. The predicted octanol–water partition coefficient (Wildman–Crippen LogP) is 0.472. The first-order valence-electron chi connectivity index (χ1n) is 3.54. The zero-order valence-corrected chi connectivity index (χ0v) is 6.49. The van der Waals surface area contributed by atoms with Crippen molar-refractivity contribution in [1.29, 1.82) is 0 Å². The van der Waals surface area contributed by atoms with Crippen LogP contribution in [0.3, 0.4) is 0 Å². The van der Waals surface area contributed by atoms with Gasteiger partial charge in [-0.3, -0.25) is 9.59 Å². The Bertz CT molecular complexity index is 161. The van der Waals surface area contributed by atoms with Crippen LogP contribution < -0.4 is 0 Å². The van der Waals surface area contributed by atoms with Gasteiger partial charge in [0.1, 0.15) is 0 Å². The Morgan fingerprint density at radius 3 is 2.73 bits per heavy atom. The van der Waals surface area contributed by atoms with Gasteiger partial charge < -0.3 is 5.11 Å². The molecule has 0 aromatic carbocycles. The first kappa shape index (κ1) is 10.0. The average molecular weight is 156 g/mol. The minimum absolute atomic E-state index is 0.245. The van der Waals surface area contributed by atoms with Gasteiger partial charge in [0, 0.05) is 0 Å². The van der Waals surface area contributed by atoms with E-state index in [0.717, 1.165) is 0 Å². The highest BCUT2D eigenvalue weighted by Crippen LogP contribution is 1.96. The lowest BCUT2D eigenvalue weighted by atomic mass is 10.2. The van der Waals surface area contributed by atoms with Gasteiger partial charge in [-0.2, -0.15) is 0 Å². The largest absolute Gasteiger partial charge is 0.393 e. The lowest BCUT2D eigenvalue weighted by Crippen LogP contribution is -2.02. The highest BCUT2D eigenvalue weighted by Gasteiger charge is 1.96. The van der Waals surface area contributed by atoms with Crippen molar-refractivity contribution in [3.05, 3.63) is 12.2 Å². The normalized spacial score (nSPS) is 13.3. The molecular weight excluding hydrogens is 144 g/mol. The van der Waals surface area contributed by atoms with Gasteiger partial charge in [0.2, 0.25) is 5.78 Å². The summed E-state index contributed by atoms with van der Waals surface area (Å²) in [6.45, 7) is 1.85. The molecule has 0 saturated carbocycles. The molecule has 0 amide bonds. The Kier molecular flexibility index (Phi) is 5.29. The molecule has 0 aliphatic rings. The van der Waals surface area contributed by atoms with Gasteiger partial charge in [0.15, 0.2) is 6.29 Å². The first-order valence-corrected chi connectivity index (χ1v) is 3.54. The van der Waals surface area contributed by atoms with Crippen LogP contribution in [0, 0.1) is 0 Å². The van der Waals surface area contributed by atoms with Crippen molar-refractivity contribution in [2.24, 2.45) is 0 Å². The molecule has 11 heavy (non-hydrogen) atoms. The Morgan fingerprint density at radius 2 is 2.27 bits per heavy atom. The Labute approximate surface area is 65.7 Å². The lowest BCUT2D eigenvalue weighted by Gasteiger charge is -2.00. The third-order valence-electron chi connectivity index (χ3n) is 1.28. The Balaban J connectivity index is 3.59. The smallest absolute Gasteiger partial charge is 0.217 e. The van der Waals surface area contributed by atoms with Gasteiger partial charge in [0.05, 0.1) is 6.10 Å².